The Morgan fingerprint density at radius 2 is 1.76 bits per heavy atom. The second-order valence-corrected chi connectivity index (χ2v) is 6.18. The predicted molar refractivity (Wildman–Crippen MR) is 97.4 cm³/mol. The molecule has 0 saturated carbocycles. The van der Waals surface area contributed by atoms with Gasteiger partial charge in [0.05, 0.1) is 11.1 Å². The van der Waals surface area contributed by atoms with Gasteiger partial charge in [0.1, 0.15) is 5.75 Å². The maximum Gasteiger partial charge on any atom is 0.277 e. The number of benzene rings is 2. The third-order valence-corrected chi connectivity index (χ3v) is 4.11. The van der Waals surface area contributed by atoms with Crippen molar-refractivity contribution in [1.82, 2.24) is 5.43 Å². The molecule has 0 aliphatic heterocycles. The quantitative estimate of drug-likeness (QED) is 0.536. The number of thiophene rings is 1. The normalized spacial score (nSPS) is 10.8. The van der Waals surface area contributed by atoms with Gasteiger partial charge in [-0.3, -0.25) is 4.79 Å². The Hall–Kier alpha value is -2.99. The monoisotopic (exact) mass is 354 g/mol. The van der Waals surface area contributed by atoms with Crippen LogP contribution in [0.25, 0.3) is 11.1 Å². The van der Waals surface area contributed by atoms with Crippen LogP contribution in [0.5, 0.6) is 5.75 Å². The zero-order valence-electron chi connectivity index (χ0n) is 13.2. The van der Waals surface area contributed by atoms with Crippen LogP contribution < -0.4 is 10.2 Å². The first-order chi connectivity index (χ1) is 12.2. The van der Waals surface area contributed by atoms with E-state index in [9.17, 15) is 9.18 Å². The van der Waals surface area contributed by atoms with Crippen LogP contribution in [0, 0.1) is 5.13 Å². The number of hydrazone groups is 1. The Morgan fingerprint density at radius 1 is 1.04 bits per heavy atom. The molecular weight excluding hydrogens is 339 g/mol. The van der Waals surface area contributed by atoms with Crippen LogP contribution >= 0.6 is 11.3 Å². The molecule has 0 spiro atoms. The van der Waals surface area contributed by atoms with Crippen molar-refractivity contribution in [3.63, 3.8) is 0 Å². The predicted octanol–water partition coefficient (Wildman–Crippen LogP) is 4.08. The van der Waals surface area contributed by atoms with E-state index in [0.717, 1.165) is 22.5 Å². The molecule has 0 aliphatic carbocycles. The minimum atomic E-state index is -0.389. The summed E-state index contributed by atoms with van der Waals surface area (Å²) in [5, 5.41) is 3.46. The van der Waals surface area contributed by atoms with Gasteiger partial charge in [0.2, 0.25) is 0 Å². The Morgan fingerprint density at radius 3 is 2.44 bits per heavy atom. The SMILES string of the molecule is O=C(COc1ccc(-c2ccccc2)cc1)NN=Cc1ccc(F)s1. The molecule has 126 valence electrons. The second kappa shape index (κ2) is 8.21. The summed E-state index contributed by atoms with van der Waals surface area (Å²) in [6.07, 6.45) is 1.39. The molecule has 1 N–H and O–H groups in total. The van der Waals surface area contributed by atoms with Crippen molar-refractivity contribution in [1.29, 1.82) is 0 Å². The molecule has 4 nitrogen and oxygen atoms in total. The van der Waals surface area contributed by atoms with Gasteiger partial charge in [-0.2, -0.15) is 9.49 Å². The summed E-state index contributed by atoms with van der Waals surface area (Å²) in [4.78, 5) is 12.3. The highest BCUT2D eigenvalue weighted by Crippen LogP contribution is 2.21. The fourth-order valence-electron chi connectivity index (χ4n) is 2.12. The summed E-state index contributed by atoms with van der Waals surface area (Å²) in [6.45, 7) is -0.152. The highest BCUT2D eigenvalue weighted by molar-refractivity contribution is 7.12. The molecule has 25 heavy (non-hydrogen) atoms. The first-order valence-electron chi connectivity index (χ1n) is 7.56. The molecule has 1 amide bonds. The van der Waals surface area contributed by atoms with E-state index in [0.29, 0.717) is 10.6 Å². The third-order valence-electron chi connectivity index (χ3n) is 3.31. The van der Waals surface area contributed by atoms with Crippen molar-refractivity contribution in [3.8, 4) is 16.9 Å². The van der Waals surface area contributed by atoms with Crippen LogP contribution in [-0.4, -0.2) is 18.7 Å². The zero-order valence-corrected chi connectivity index (χ0v) is 14.0. The molecule has 0 fully saturated rings. The molecule has 6 heteroatoms. The van der Waals surface area contributed by atoms with Gasteiger partial charge < -0.3 is 4.74 Å². The van der Waals surface area contributed by atoms with Crippen LogP contribution in [0.3, 0.4) is 0 Å². The van der Waals surface area contributed by atoms with Crippen molar-refractivity contribution < 1.29 is 13.9 Å². The van der Waals surface area contributed by atoms with Gasteiger partial charge in [0.25, 0.3) is 5.91 Å². The first kappa shape index (κ1) is 16.9. The van der Waals surface area contributed by atoms with Gasteiger partial charge in [-0.05, 0) is 35.4 Å². The van der Waals surface area contributed by atoms with Gasteiger partial charge in [0.15, 0.2) is 11.7 Å². The van der Waals surface area contributed by atoms with Crippen molar-refractivity contribution in [2.45, 2.75) is 0 Å². The lowest BCUT2D eigenvalue weighted by Gasteiger charge is -2.06. The number of rotatable bonds is 6. The summed E-state index contributed by atoms with van der Waals surface area (Å²) >= 11 is 0.951. The Kier molecular flexibility index (Phi) is 5.53. The first-order valence-corrected chi connectivity index (χ1v) is 8.38. The maximum absolute atomic E-state index is 12.8. The Bertz CT molecular complexity index is 861. The van der Waals surface area contributed by atoms with E-state index in [-0.39, 0.29) is 17.6 Å². The van der Waals surface area contributed by atoms with Crippen LogP contribution in [0.1, 0.15) is 4.88 Å². The lowest BCUT2D eigenvalue weighted by Crippen LogP contribution is -2.24. The lowest BCUT2D eigenvalue weighted by molar-refractivity contribution is -0.123. The minimum absolute atomic E-state index is 0.152. The molecule has 3 aromatic rings. The minimum Gasteiger partial charge on any atom is -0.484 e. The standard InChI is InChI=1S/C19H15FN2O2S/c20-18-11-10-17(25-18)12-21-22-19(23)13-24-16-8-6-15(7-9-16)14-4-2-1-3-5-14/h1-12H,13H2,(H,22,23). The molecule has 0 aliphatic rings. The Labute approximate surface area is 148 Å². The third kappa shape index (κ3) is 4.99. The number of ether oxygens (including phenoxy) is 1. The number of carbonyl (C=O) groups is 1. The molecule has 0 bridgehead atoms. The maximum atomic E-state index is 12.8. The van der Waals surface area contributed by atoms with Gasteiger partial charge in [-0.25, -0.2) is 5.43 Å². The summed E-state index contributed by atoms with van der Waals surface area (Å²) in [5.74, 6) is 0.208. The van der Waals surface area contributed by atoms with E-state index >= 15 is 0 Å². The van der Waals surface area contributed by atoms with E-state index < -0.39 is 0 Å². The fraction of sp³-hybridized carbons (Fsp3) is 0.0526. The molecular formula is C19H15FN2O2S. The summed E-state index contributed by atoms with van der Waals surface area (Å²) in [7, 11) is 0. The molecule has 0 unspecified atom stereocenters. The van der Waals surface area contributed by atoms with E-state index in [2.05, 4.69) is 10.5 Å². The average molecular weight is 354 g/mol. The van der Waals surface area contributed by atoms with E-state index in [4.69, 9.17) is 4.74 Å². The molecule has 1 aromatic heterocycles. The number of carbonyl (C=O) groups excluding carboxylic acids is 1. The summed E-state index contributed by atoms with van der Waals surface area (Å²) in [6, 6.07) is 20.4. The number of nitrogens with one attached hydrogen (secondary N) is 1. The van der Waals surface area contributed by atoms with Gasteiger partial charge in [-0.1, -0.05) is 42.5 Å². The van der Waals surface area contributed by atoms with Gasteiger partial charge in [-0.15, -0.1) is 11.3 Å². The molecule has 0 radical (unpaired) electrons. The van der Waals surface area contributed by atoms with Gasteiger partial charge >= 0.3 is 0 Å². The highest BCUT2D eigenvalue weighted by atomic mass is 32.1. The van der Waals surface area contributed by atoms with Crippen molar-refractivity contribution >= 4 is 23.5 Å². The molecule has 1 heterocycles. The van der Waals surface area contributed by atoms with Gasteiger partial charge in [0, 0.05) is 0 Å². The largest absolute Gasteiger partial charge is 0.484 e. The highest BCUT2D eigenvalue weighted by Gasteiger charge is 2.03. The van der Waals surface area contributed by atoms with Crippen molar-refractivity contribution in [2.24, 2.45) is 5.10 Å². The number of hydrogen-bond donors (Lipinski definition) is 1. The number of hydrogen-bond acceptors (Lipinski definition) is 4. The van der Waals surface area contributed by atoms with E-state index in [1.54, 1.807) is 6.07 Å². The smallest absolute Gasteiger partial charge is 0.277 e. The number of halogens is 1. The van der Waals surface area contributed by atoms with Crippen LogP contribution in [0.2, 0.25) is 0 Å². The number of nitrogens with zero attached hydrogens (tertiary/aromatic N) is 1. The average Bonchev–Trinajstić information content (AvgIpc) is 3.06. The number of amides is 1. The molecule has 0 saturated heterocycles. The van der Waals surface area contributed by atoms with Crippen LogP contribution in [0.4, 0.5) is 4.39 Å². The molecule has 2 aromatic carbocycles. The molecule has 0 atom stereocenters. The summed E-state index contributed by atoms with van der Waals surface area (Å²) in [5.41, 5.74) is 4.53. The molecule has 3 rings (SSSR count). The second-order valence-electron chi connectivity index (χ2n) is 5.11. The summed E-state index contributed by atoms with van der Waals surface area (Å²) < 4.78 is 18.2. The van der Waals surface area contributed by atoms with Crippen LogP contribution in [0.15, 0.2) is 71.8 Å². The van der Waals surface area contributed by atoms with E-state index in [1.807, 2.05) is 54.6 Å². The topological polar surface area (TPSA) is 50.7 Å². The van der Waals surface area contributed by atoms with E-state index in [1.165, 1.54) is 12.3 Å². The fourth-order valence-corrected chi connectivity index (χ4v) is 2.72. The lowest BCUT2D eigenvalue weighted by atomic mass is 10.1. The Balaban J connectivity index is 1.48. The zero-order chi connectivity index (χ0) is 17.5. The van der Waals surface area contributed by atoms with Crippen molar-refractivity contribution in [2.75, 3.05) is 6.61 Å². The van der Waals surface area contributed by atoms with Crippen molar-refractivity contribution in [3.05, 3.63) is 76.7 Å². The van der Waals surface area contributed by atoms with Crippen LogP contribution in [-0.2, 0) is 4.79 Å².